The van der Waals surface area contributed by atoms with Gasteiger partial charge in [-0.2, -0.15) is 0 Å². The summed E-state index contributed by atoms with van der Waals surface area (Å²) in [5, 5.41) is -0.403. The molecule has 0 bridgehead atoms. The van der Waals surface area contributed by atoms with Crippen LogP contribution in [0.1, 0.15) is 38.5 Å². The molecule has 0 aromatic heterocycles. The van der Waals surface area contributed by atoms with E-state index in [1.807, 2.05) is 0 Å². The van der Waals surface area contributed by atoms with Gasteiger partial charge in [-0.15, -0.1) is 12.4 Å². The van der Waals surface area contributed by atoms with Gasteiger partial charge in [0.1, 0.15) is 0 Å². The molecular weight excluding hydrogens is 276 g/mol. The third-order valence-electron chi connectivity index (χ3n) is 3.87. The third kappa shape index (κ3) is 3.57. The van der Waals surface area contributed by atoms with Crippen LogP contribution >= 0.6 is 12.4 Å². The van der Waals surface area contributed by atoms with E-state index in [1.54, 1.807) is 0 Å². The molecule has 2 fully saturated rings. The van der Waals surface area contributed by atoms with Crippen LogP contribution in [0.2, 0.25) is 0 Å². The lowest BCUT2D eigenvalue weighted by atomic mass is 10.0. The summed E-state index contributed by atoms with van der Waals surface area (Å²) in [6.45, 7) is 1.38. The van der Waals surface area contributed by atoms with E-state index < -0.39 is 20.8 Å². The molecular formula is C11H23ClN2O3S. The number of nitrogens with one attached hydrogen (secondary N) is 1. The Morgan fingerprint density at radius 1 is 1.28 bits per heavy atom. The summed E-state index contributed by atoms with van der Waals surface area (Å²) in [4.78, 5) is 0. The zero-order valence-corrected chi connectivity index (χ0v) is 12.2. The van der Waals surface area contributed by atoms with Crippen LogP contribution in [0.5, 0.6) is 0 Å². The molecule has 2 rings (SSSR count). The van der Waals surface area contributed by atoms with Gasteiger partial charge in [0.05, 0.1) is 11.9 Å². The fourth-order valence-electron chi connectivity index (χ4n) is 2.74. The Balaban J connectivity index is 0.00000162. The molecule has 2 aliphatic rings. The molecule has 1 heterocycles. The molecule has 0 amide bonds. The quantitative estimate of drug-likeness (QED) is 0.803. The first-order valence-electron chi connectivity index (χ1n) is 6.39. The zero-order valence-electron chi connectivity index (χ0n) is 10.6. The zero-order chi connectivity index (χ0) is 12.4. The Labute approximate surface area is 115 Å². The molecule has 0 aromatic carbocycles. The van der Waals surface area contributed by atoms with Crippen LogP contribution < -0.4 is 10.5 Å². The minimum Gasteiger partial charge on any atom is -0.380 e. The number of hydrogen-bond acceptors (Lipinski definition) is 4. The first kappa shape index (κ1) is 16.2. The van der Waals surface area contributed by atoms with Crippen molar-refractivity contribution in [2.45, 2.75) is 49.3 Å². The van der Waals surface area contributed by atoms with Crippen LogP contribution in [0.3, 0.4) is 0 Å². The highest BCUT2D eigenvalue weighted by molar-refractivity contribution is 7.90. The van der Waals surface area contributed by atoms with Crippen LogP contribution in [-0.4, -0.2) is 39.0 Å². The molecule has 18 heavy (non-hydrogen) atoms. The summed E-state index contributed by atoms with van der Waals surface area (Å²) in [7, 11) is -3.29. The van der Waals surface area contributed by atoms with Gasteiger partial charge in [-0.25, -0.2) is 13.1 Å². The Hall–Kier alpha value is 0.120. The van der Waals surface area contributed by atoms with Gasteiger partial charge in [0.2, 0.25) is 10.0 Å². The Morgan fingerprint density at radius 3 is 2.44 bits per heavy atom. The predicted octanol–water partition coefficient (Wildman–Crippen LogP) is 0.778. The summed E-state index contributed by atoms with van der Waals surface area (Å²) in [6.07, 6.45) is 5.34. The largest absolute Gasteiger partial charge is 0.380 e. The van der Waals surface area contributed by atoms with Crippen LogP contribution in [0, 0.1) is 0 Å². The van der Waals surface area contributed by atoms with E-state index in [0.717, 1.165) is 32.1 Å². The summed E-state index contributed by atoms with van der Waals surface area (Å²) < 4.78 is 32.6. The number of nitrogens with two attached hydrogens (primary N) is 1. The maximum atomic E-state index is 12.3. The van der Waals surface area contributed by atoms with Crippen LogP contribution in [0.25, 0.3) is 0 Å². The lowest BCUT2D eigenvalue weighted by molar-refractivity contribution is 0.0985. The van der Waals surface area contributed by atoms with Gasteiger partial charge >= 0.3 is 0 Å². The van der Waals surface area contributed by atoms with Gasteiger partial charge in [0, 0.05) is 18.7 Å². The van der Waals surface area contributed by atoms with Crippen LogP contribution in [0.4, 0.5) is 0 Å². The average molecular weight is 299 g/mol. The monoisotopic (exact) mass is 298 g/mol. The van der Waals surface area contributed by atoms with Gasteiger partial charge < -0.3 is 10.5 Å². The van der Waals surface area contributed by atoms with Crippen molar-refractivity contribution in [1.82, 2.24) is 4.72 Å². The number of sulfonamides is 1. The molecule has 1 unspecified atom stereocenters. The van der Waals surface area contributed by atoms with Crippen molar-refractivity contribution in [1.29, 1.82) is 0 Å². The molecule has 0 aromatic rings. The van der Waals surface area contributed by atoms with Gasteiger partial charge in [-0.3, -0.25) is 0 Å². The molecule has 1 saturated heterocycles. The van der Waals surface area contributed by atoms with Crippen molar-refractivity contribution in [2.24, 2.45) is 5.73 Å². The normalized spacial score (nSPS) is 27.7. The SMILES string of the molecule is Cl.NCC1(NS(=O)(=O)C2CCCOC2)CCCC1. The smallest absolute Gasteiger partial charge is 0.217 e. The van der Waals surface area contributed by atoms with E-state index in [2.05, 4.69) is 4.72 Å². The number of halogens is 1. The van der Waals surface area contributed by atoms with E-state index in [9.17, 15) is 8.42 Å². The lowest BCUT2D eigenvalue weighted by Gasteiger charge is -2.32. The Kier molecular flexibility index (Phi) is 5.86. The molecule has 1 atom stereocenters. The van der Waals surface area contributed by atoms with Crippen molar-refractivity contribution in [3.63, 3.8) is 0 Å². The molecule has 0 spiro atoms. The van der Waals surface area contributed by atoms with Crippen molar-refractivity contribution in [3.05, 3.63) is 0 Å². The highest BCUT2D eigenvalue weighted by Crippen LogP contribution is 2.30. The van der Waals surface area contributed by atoms with E-state index in [1.165, 1.54) is 0 Å². The summed E-state index contributed by atoms with van der Waals surface area (Å²) >= 11 is 0. The standard InChI is InChI=1S/C11H22N2O3S.ClH/c12-9-11(5-1-2-6-11)13-17(14,15)10-4-3-7-16-8-10;/h10,13H,1-9,12H2;1H. The van der Waals surface area contributed by atoms with E-state index >= 15 is 0 Å². The molecule has 0 radical (unpaired) electrons. The van der Waals surface area contributed by atoms with E-state index in [4.69, 9.17) is 10.5 Å². The van der Waals surface area contributed by atoms with Crippen molar-refractivity contribution in [2.75, 3.05) is 19.8 Å². The molecule has 1 aliphatic heterocycles. The molecule has 1 saturated carbocycles. The average Bonchev–Trinajstić information content (AvgIpc) is 2.79. The maximum Gasteiger partial charge on any atom is 0.217 e. The van der Waals surface area contributed by atoms with Gasteiger partial charge in [0.15, 0.2) is 0 Å². The predicted molar refractivity (Wildman–Crippen MR) is 73.4 cm³/mol. The number of rotatable bonds is 4. The first-order chi connectivity index (χ1) is 8.08. The second kappa shape index (κ2) is 6.52. The van der Waals surface area contributed by atoms with Gasteiger partial charge in [-0.1, -0.05) is 12.8 Å². The Bertz CT molecular complexity index is 349. The summed E-state index contributed by atoms with van der Waals surface area (Å²) in [5.41, 5.74) is 5.35. The second-order valence-electron chi connectivity index (χ2n) is 5.18. The molecule has 1 aliphatic carbocycles. The first-order valence-corrected chi connectivity index (χ1v) is 7.93. The van der Waals surface area contributed by atoms with Crippen LogP contribution in [-0.2, 0) is 14.8 Å². The molecule has 108 valence electrons. The fraction of sp³-hybridized carbons (Fsp3) is 1.00. The molecule has 3 N–H and O–H groups in total. The highest BCUT2D eigenvalue weighted by Gasteiger charge is 2.39. The minimum absolute atomic E-state index is 0. The maximum absolute atomic E-state index is 12.3. The minimum atomic E-state index is -3.29. The number of hydrogen-bond donors (Lipinski definition) is 2. The van der Waals surface area contributed by atoms with Crippen LogP contribution in [0.15, 0.2) is 0 Å². The van der Waals surface area contributed by atoms with E-state index in [-0.39, 0.29) is 12.4 Å². The van der Waals surface area contributed by atoms with Crippen molar-refractivity contribution in [3.8, 4) is 0 Å². The third-order valence-corrected chi connectivity index (χ3v) is 5.83. The van der Waals surface area contributed by atoms with E-state index in [0.29, 0.717) is 26.2 Å². The van der Waals surface area contributed by atoms with Gasteiger partial charge in [0.25, 0.3) is 0 Å². The number of ether oxygens (including phenoxy) is 1. The highest BCUT2D eigenvalue weighted by atomic mass is 35.5. The Morgan fingerprint density at radius 2 is 1.94 bits per heavy atom. The van der Waals surface area contributed by atoms with Crippen molar-refractivity contribution < 1.29 is 13.2 Å². The second-order valence-corrected chi connectivity index (χ2v) is 7.14. The molecule has 5 nitrogen and oxygen atoms in total. The van der Waals surface area contributed by atoms with Crippen molar-refractivity contribution >= 4 is 22.4 Å². The fourth-order valence-corrected chi connectivity index (χ4v) is 4.55. The topological polar surface area (TPSA) is 81.4 Å². The summed E-state index contributed by atoms with van der Waals surface area (Å²) in [5.74, 6) is 0. The van der Waals surface area contributed by atoms with Gasteiger partial charge in [-0.05, 0) is 25.7 Å². The molecule has 7 heteroatoms. The lowest BCUT2D eigenvalue weighted by Crippen LogP contribution is -2.55. The summed E-state index contributed by atoms with van der Waals surface area (Å²) in [6, 6.07) is 0.